The number of hydrogen-bond acceptors (Lipinski definition) is 2. The van der Waals surface area contributed by atoms with Crippen molar-refractivity contribution in [3.8, 4) is 0 Å². The topological polar surface area (TPSA) is 21.3 Å². The number of ether oxygens (including phenoxy) is 1. The van der Waals surface area contributed by atoms with Crippen LogP contribution in [0.2, 0.25) is 0 Å². The van der Waals surface area contributed by atoms with E-state index in [2.05, 4.69) is 5.32 Å². The maximum Gasteiger partial charge on any atom is 0.123 e. The second-order valence-electron chi connectivity index (χ2n) is 4.66. The largest absolute Gasteiger partial charge is 0.377 e. The smallest absolute Gasteiger partial charge is 0.123 e. The lowest BCUT2D eigenvalue weighted by Gasteiger charge is -2.22. The van der Waals surface area contributed by atoms with E-state index in [1.54, 1.807) is 12.1 Å². The second-order valence-corrected chi connectivity index (χ2v) is 4.66. The second kappa shape index (κ2) is 6.72. The Morgan fingerprint density at radius 1 is 1.18 bits per heavy atom. The van der Waals surface area contributed by atoms with Gasteiger partial charge >= 0.3 is 0 Å². The molecule has 0 aliphatic carbocycles. The van der Waals surface area contributed by atoms with Gasteiger partial charge in [0.05, 0.1) is 6.61 Å². The van der Waals surface area contributed by atoms with Crippen LogP contribution < -0.4 is 5.32 Å². The average molecular weight is 237 g/mol. The fraction of sp³-hybridized carbons (Fsp3) is 0.571. The first-order valence-electron chi connectivity index (χ1n) is 6.37. The van der Waals surface area contributed by atoms with Crippen molar-refractivity contribution in [3.05, 3.63) is 35.6 Å². The van der Waals surface area contributed by atoms with Crippen LogP contribution in [0.1, 0.15) is 24.8 Å². The summed E-state index contributed by atoms with van der Waals surface area (Å²) in [7, 11) is 0. The quantitative estimate of drug-likeness (QED) is 0.795. The van der Waals surface area contributed by atoms with Crippen LogP contribution in [0.3, 0.4) is 0 Å². The van der Waals surface area contributed by atoms with Gasteiger partial charge in [0.1, 0.15) is 5.82 Å². The zero-order valence-electron chi connectivity index (χ0n) is 10.1. The SMILES string of the molecule is Fc1ccc(COCCC2CCNCC2)cc1. The number of piperidine rings is 1. The predicted molar refractivity (Wildman–Crippen MR) is 66.3 cm³/mol. The minimum atomic E-state index is -0.191. The molecule has 2 nitrogen and oxygen atoms in total. The Kier molecular flexibility index (Phi) is 4.95. The zero-order valence-corrected chi connectivity index (χ0v) is 10.1. The monoisotopic (exact) mass is 237 g/mol. The molecule has 0 unspecified atom stereocenters. The molecule has 0 amide bonds. The van der Waals surface area contributed by atoms with Gasteiger partial charge in [0.2, 0.25) is 0 Å². The zero-order chi connectivity index (χ0) is 11.9. The van der Waals surface area contributed by atoms with Crippen molar-refractivity contribution in [2.45, 2.75) is 25.9 Å². The van der Waals surface area contributed by atoms with Crippen LogP contribution in [-0.4, -0.2) is 19.7 Å². The summed E-state index contributed by atoms with van der Waals surface area (Å²) < 4.78 is 18.3. The highest BCUT2D eigenvalue weighted by atomic mass is 19.1. The molecule has 1 heterocycles. The molecule has 0 bridgehead atoms. The minimum Gasteiger partial charge on any atom is -0.377 e. The number of halogens is 1. The van der Waals surface area contributed by atoms with Gasteiger partial charge in [-0.05, 0) is 56.0 Å². The van der Waals surface area contributed by atoms with E-state index in [1.807, 2.05) is 0 Å². The lowest BCUT2D eigenvalue weighted by Crippen LogP contribution is -2.28. The maximum absolute atomic E-state index is 12.7. The van der Waals surface area contributed by atoms with Crippen molar-refractivity contribution in [3.63, 3.8) is 0 Å². The molecule has 1 fully saturated rings. The standard InChI is InChI=1S/C14H20FNO/c15-14-3-1-13(2-4-14)11-17-10-7-12-5-8-16-9-6-12/h1-4,12,16H,5-11H2. The van der Waals surface area contributed by atoms with Crippen LogP contribution in [0.15, 0.2) is 24.3 Å². The number of nitrogens with one attached hydrogen (secondary N) is 1. The minimum absolute atomic E-state index is 0.191. The van der Waals surface area contributed by atoms with Crippen molar-refractivity contribution >= 4 is 0 Å². The van der Waals surface area contributed by atoms with Crippen molar-refractivity contribution in [2.24, 2.45) is 5.92 Å². The Labute approximate surface area is 102 Å². The Balaban J connectivity index is 1.60. The highest BCUT2D eigenvalue weighted by Gasteiger charge is 2.12. The van der Waals surface area contributed by atoms with Crippen LogP contribution in [0.5, 0.6) is 0 Å². The third-order valence-corrected chi connectivity index (χ3v) is 3.31. The molecule has 3 heteroatoms. The van der Waals surface area contributed by atoms with E-state index in [-0.39, 0.29) is 5.82 Å². The summed E-state index contributed by atoms with van der Waals surface area (Å²) in [4.78, 5) is 0. The Morgan fingerprint density at radius 2 is 1.88 bits per heavy atom. The molecule has 0 radical (unpaired) electrons. The number of benzene rings is 1. The summed E-state index contributed by atoms with van der Waals surface area (Å²) >= 11 is 0. The highest BCUT2D eigenvalue weighted by Crippen LogP contribution is 2.16. The maximum atomic E-state index is 12.7. The van der Waals surface area contributed by atoms with E-state index in [9.17, 15) is 4.39 Å². The molecule has 0 spiro atoms. The van der Waals surface area contributed by atoms with E-state index in [0.29, 0.717) is 6.61 Å². The van der Waals surface area contributed by atoms with E-state index in [1.165, 1.54) is 25.0 Å². The van der Waals surface area contributed by atoms with Gasteiger partial charge in [-0.3, -0.25) is 0 Å². The van der Waals surface area contributed by atoms with Crippen molar-refractivity contribution < 1.29 is 9.13 Å². The summed E-state index contributed by atoms with van der Waals surface area (Å²) in [6.45, 7) is 3.68. The number of rotatable bonds is 5. The molecule has 0 atom stereocenters. The lowest BCUT2D eigenvalue weighted by atomic mass is 9.95. The molecular weight excluding hydrogens is 217 g/mol. The first-order chi connectivity index (χ1) is 8.34. The third kappa shape index (κ3) is 4.44. The molecule has 1 aliphatic heterocycles. The molecule has 1 aromatic rings. The van der Waals surface area contributed by atoms with Gasteiger partial charge in [-0.15, -0.1) is 0 Å². The summed E-state index contributed by atoms with van der Waals surface area (Å²) in [6, 6.07) is 6.51. The molecule has 17 heavy (non-hydrogen) atoms. The van der Waals surface area contributed by atoms with E-state index in [0.717, 1.165) is 37.6 Å². The average Bonchev–Trinajstić information content (AvgIpc) is 2.38. The molecule has 1 saturated heterocycles. The van der Waals surface area contributed by atoms with E-state index >= 15 is 0 Å². The van der Waals surface area contributed by atoms with Gasteiger partial charge < -0.3 is 10.1 Å². The molecule has 1 N–H and O–H groups in total. The van der Waals surface area contributed by atoms with Crippen molar-refractivity contribution in [1.29, 1.82) is 0 Å². The molecular formula is C14H20FNO. The normalized spacial score (nSPS) is 17.2. The molecule has 94 valence electrons. The lowest BCUT2D eigenvalue weighted by molar-refractivity contribution is 0.103. The van der Waals surface area contributed by atoms with Crippen molar-refractivity contribution in [2.75, 3.05) is 19.7 Å². The Morgan fingerprint density at radius 3 is 2.59 bits per heavy atom. The highest BCUT2D eigenvalue weighted by molar-refractivity contribution is 5.14. The van der Waals surface area contributed by atoms with Gasteiger partial charge in [0.15, 0.2) is 0 Å². The Hall–Kier alpha value is -0.930. The van der Waals surface area contributed by atoms with Crippen LogP contribution in [-0.2, 0) is 11.3 Å². The summed E-state index contributed by atoms with van der Waals surface area (Å²) in [5.74, 6) is 0.618. The van der Waals surface area contributed by atoms with Gasteiger partial charge in [-0.1, -0.05) is 12.1 Å². The van der Waals surface area contributed by atoms with E-state index in [4.69, 9.17) is 4.74 Å². The third-order valence-electron chi connectivity index (χ3n) is 3.31. The molecule has 1 aromatic carbocycles. The van der Waals surface area contributed by atoms with Crippen LogP contribution in [0.4, 0.5) is 4.39 Å². The number of hydrogen-bond donors (Lipinski definition) is 1. The summed E-state index contributed by atoms with van der Waals surface area (Å²) in [5, 5.41) is 3.36. The van der Waals surface area contributed by atoms with Crippen molar-refractivity contribution in [1.82, 2.24) is 5.32 Å². The molecule has 1 aliphatic rings. The molecule has 0 aromatic heterocycles. The van der Waals surface area contributed by atoms with Gasteiger partial charge in [0, 0.05) is 6.61 Å². The summed E-state index contributed by atoms with van der Waals surface area (Å²) in [6.07, 6.45) is 3.67. The van der Waals surface area contributed by atoms with Crippen LogP contribution in [0, 0.1) is 11.7 Å². The van der Waals surface area contributed by atoms with Gasteiger partial charge in [-0.25, -0.2) is 4.39 Å². The van der Waals surface area contributed by atoms with Gasteiger partial charge in [-0.2, -0.15) is 0 Å². The van der Waals surface area contributed by atoms with Crippen LogP contribution in [0.25, 0.3) is 0 Å². The fourth-order valence-corrected chi connectivity index (χ4v) is 2.19. The summed E-state index contributed by atoms with van der Waals surface area (Å²) in [5.41, 5.74) is 1.04. The molecule has 0 saturated carbocycles. The first-order valence-corrected chi connectivity index (χ1v) is 6.37. The Bertz CT molecular complexity index is 319. The van der Waals surface area contributed by atoms with E-state index < -0.39 is 0 Å². The van der Waals surface area contributed by atoms with Crippen LogP contribution >= 0.6 is 0 Å². The first kappa shape index (κ1) is 12.5. The van der Waals surface area contributed by atoms with Gasteiger partial charge in [0.25, 0.3) is 0 Å². The fourth-order valence-electron chi connectivity index (χ4n) is 2.19. The molecule has 2 rings (SSSR count). The predicted octanol–water partition coefficient (Wildman–Crippen LogP) is 2.73.